The van der Waals surface area contributed by atoms with Gasteiger partial charge in [0.1, 0.15) is 11.5 Å². The molecule has 0 aliphatic carbocycles. The van der Waals surface area contributed by atoms with Crippen LogP contribution in [0.1, 0.15) is 21.7 Å². The van der Waals surface area contributed by atoms with Crippen molar-refractivity contribution in [1.82, 2.24) is 24.9 Å². The van der Waals surface area contributed by atoms with Gasteiger partial charge in [0, 0.05) is 56.8 Å². The quantitative estimate of drug-likeness (QED) is 0.625. The van der Waals surface area contributed by atoms with Gasteiger partial charge in [-0.15, -0.1) is 0 Å². The minimum absolute atomic E-state index is 0.0726. The summed E-state index contributed by atoms with van der Waals surface area (Å²) in [5.74, 6) is -0.704. The Morgan fingerprint density at radius 3 is 2.85 bits per heavy atom. The topological polar surface area (TPSA) is 82.5 Å². The van der Waals surface area contributed by atoms with Crippen molar-refractivity contribution in [2.45, 2.75) is 25.9 Å². The molecule has 1 atom stereocenters. The van der Waals surface area contributed by atoms with Crippen LogP contribution >= 0.6 is 15.9 Å². The van der Waals surface area contributed by atoms with Crippen molar-refractivity contribution in [3.8, 4) is 0 Å². The number of nitrogens with zero attached hydrogens (tertiary/aromatic N) is 4. The average molecular weight is 529 g/mol. The highest BCUT2D eigenvalue weighted by Gasteiger charge is 2.34. The lowest BCUT2D eigenvalue weighted by atomic mass is 10.0. The van der Waals surface area contributed by atoms with E-state index in [4.69, 9.17) is 0 Å². The fourth-order valence-electron chi connectivity index (χ4n) is 4.23. The summed E-state index contributed by atoms with van der Waals surface area (Å²) in [6.45, 7) is 1.41. The summed E-state index contributed by atoms with van der Waals surface area (Å²) in [5, 5.41) is 10.1. The zero-order valence-electron chi connectivity index (χ0n) is 18.0. The van der Waals surface area contributed by atoms with Crippen LogP contribution in [0.2, 0.25) is 0 Å². The van der Waals surface area contributed by atoms with Crippen molar-refractivity contribution in [1.29, 1.82) is 0 Å². The number of halogens is 4. The van der Waals surface area contributed by atoms with Crippen LogP contribution in [0.25, 0.3) is 0 Å². The number of hydrogen-bond acceptors (Lipinski definition) is 4. The number of fused-ring (bicyclic) bond motifs is 3. The van der Waals surface area contributed by atoms with E-state index in [0.29, 0.717) is 49.5 Å². The maximum absolute atomic E-state index is 13.5. The van der Waals surface area contributed by atoms with E-state index in [0.717, 1.165) is 5.69 Å². The molecule has 33 heavy (non-hydrogen) atoms. The molecule has 8 nitrogen and oxygen atoms in total. The third kappa shape index (κ3) is 5.16. The standard InChI is InChI=1S/C21H24BrF3N6O2/c1-29-9-12(7-26-8-18(24)25)10-31-19(20(29)32)14-11-30(5-4-17(14)28-31)21(33)27-13-2-3-16(23)15(22)6-13/h2-3,6,12,18,26H,4-5,7-11H2,1H3,(H,27,33)/t12-/m1/s1. The monoisotopic (exact) mass is 528 g/mol. The Bertz CT molecular complexity index is 1060. The van der Waals surface area contributed by atoms with Crippen LogP contribution in [-0.2, 0) is 19.5 Å². The highest BCUT2D eigenvalue weighted by atomic mass is 79.9. The van der Waals surface area contributed by atoms with E-state index in [1.165, 1.54) is 18.2 Å². The molecule has 2 aliphatic heterocycles. The first-order valence-electron chi connectivity index (χ1n) is 10.6. The van der Waals surface area contributed by atoms with E-state index >= 15 is 0 Å². The molecular weight excluding hydrogens is 505 g/mol. The lowest BCUT2D eigenvalue weighted by Gasteiger charge is -2.27. The van der Waals surface area contributed by atoms with Crippen LogP contribution in [0.3, 0.4) is 0 Å². The van der Waals surface area contributed by atoms with Crippen molar-refractivity contribution < 1.29 is 22.8 Å². The molecular formula is C21H24BrF3N6O2. The number of carbonyl (C=O) groups excluding carboxylic acids is 2. The number of hydrogen-bond donors (Lipinski definition) is 2. The highest BCUT2D eigenvalue weighted by molar-refractivity contribution is 9.10. The normalized spacial score (nSPS) is 18.2. The number of amides is 3. The summed E-state index contributed by atoms with van der Waals surface area (Å²) >= 11 is 3.10. The van der Waals surface area contributed by atoms with Crippen molar-refractivity contribution in [3.05, 3.63) is 45.4 Å². The molecule has 1 aromatic carbocycles. The van der Waals surface area contributed by atoms with Gasteiger partial charge in [-0.05, 0) is 34.1 Å². The van der Waals surface area contributed by atoms with Gasteiger partial charge in [0.2, 0.25) is 0 Å². The van der Waals surface area contributed by atoms with Crippen molar-refractivity contribution in [2.75, 3.05) is 38.5 Å². The molecule has 0 bridgehead atoms. The molecule has 178 valence electrons. The number of benzene rings is 1. The second kappa shape index (κ2) is 9.72. The molecule has 3 amide bonds. The molecule has 0 spiro atoms. The van der Waals surface area contributed by atoms with E-state index in [1.807, 2.05) is 0 Å². The van der Waals surface area contributed by atoms with Gasteiger partial charge >= 0.3 is 6.03 Å². The highest BCUT2D eigenvalue weighted by Crippen LogP contribution is 2.27. The number of anilines is 1. The summed E-state index contributed by atoms with van der Waals surface area (Å²) in [6, 6.07) is 3.85. The Morgan fingerprint density at radius 1 is 1.33 bits per heavy atom. The largest absolute Gasteiger partial charge is 0.340 e. The smallest absolute Gasteiger partial charge is 0.322 e. The van der Waals surface area contributed by atoms with E-state index in [-0.39, 0.29) is 28.9 Å². The summed E-state index contributed by atoms with van der Waals surface area (Å²) < 4.78 is 40.3. The van der Waals surface area contributed by atoms with Gasteiger partial charge in [0.25, 0.3) is 12.3 Å². The predicted octanol–water partition coefficient (Wildman–Crippen LogP) is 2.93. The lowest BCUT2D eigenvalue weighted by molar-refractivity contribution is 0.0776. The summed E-state index contributed by atoms with van der Waals surface area (Å²) in [4.78, 5) is 29.1. The van der Waals surface area contributed by atoms with Gasteiger partial charge in [-0.3, -0.25) is 9.48 Å². The van der Waals surface area contributed by atoms with Gasteiger partial charge < -0.3 is 20.4 Å². The number of nitrogens with one attached hydrogen (secondary N) is 2. The number of urea groups is 1. The maximum atomic E-state index is 13.5. The van der Waals surface area contributed by atoms with E-state index in [2.05, 4.69) is 31.7 Å². The van der Waals surface area contributed by atoms with Crippen LogP contribution in [0.4, 0.5) is 23.7 Å². The van der Waals surface area contributed by atoms with Gasteiger partial charge in [0.15, 0.2) is 0 Å². The Labute approximate surface area is 197 Å². The minimum atomic E-state index is -2.43. The lowest BCUT2D eigenvalue weighted by Crippen LogP contribution is -2.40. The molecule has 12 heteroatoms. The molecule has 3 heterocycles. The Hall–Kier alpha value is -2.60. The summed E-state index contributed by atoms with van der Waals surface area (Å²) in [6.07, 6.45) is -1.95. The first-order chi connectivity index (χ1) is 15.7. The summed E-state index contributed by atoms with van der Waals surface area (Å²) in [7, 11) is 1.68. The number of aromatic nitrogens is 2. The molecule has 2 aliphatic rings. The Kier molecular flexibility index (Phi) is 6.94. The SMILES string of the molecule is CN1C[C@@H](CNCC(F)F)Cn2nc3c(c2C1=O)CN(C(=O)Nc1ccc(F)c(Br)c1)CC3. The predicted molar refractivity (Wildman–Crippen MR) is 119 cm³/mol. The van der Waals surface area contributed by atoms with E-state index < -0.39 is 18.8 Å². The van der Waals surface area contributed by atoms with Crippen LogP contribution in [0.15, 0.2) is 22.7 Å². The molecule has 0 radical (unpaired) electrons. The van der Waals surface area contributed by atoms with Gasteiger partial charge in [-0.1, -0.05) is 0 Å². The van der Waals surface area contributed by atoms with E-state index in [9.17, 15) is 22.8 Å². The number of alkyl halides is 2. The number of carbonyl (C=O) groups is 2. The second-order valence-electron chi connectivity index (χ2n) is 8.29. The van der Waals surface area contributed by atoms with Crippen molar-refractivity contribution >= 4 is 33.6 Å². The van der Waals surface area contributed by atoms with E-state index in [1.54, 1.807) is 21.5 Å². The fourth-order valence-corrected chi connectivity index (χ4v) is 4.61. The molecule has 0 saturated heterocycles. The van der Waals surface area contributed by atoms with Crippen LogP contribution in [0, 0.1) is 11.7 Å². The number of rotatable bonds is 5. The zero-order valence-corrected chi connectivity index (χ0v) is 19.5. The Balaban J connectivity index is 1.50. The minimum Gasteiger partial charge on any atom is -0.340 e. The molecule has 0 fully saturated rings. The van der Waals surface area contributed by atoms with Crippen LogP contribution in [-0.4, -0.2) is 71.2 Å². The van der Waals surface area contributed by atoms with Crippen molar-refractivity contribution in [2.24, 2.45) is 5.92 Å². The summed E-state index contributed by atoms with van der Waals surface area (Å²) in [5.41, 5.74) is 2.35. The molecule has 2 N–H and O–H groups in total. The van der Waals surface area contributed by atoms with Crippen LogP contribution in [0.5, 0.6) is 0 Å². The molecule has 1 aromatic heterocycles. The second-order valence-corrected chi connectivity index (χ2v) is 9.14. The fraction of sp³-hybridized carbons (Fsp3) is 0.476. The van der Waals surface area contributed by atoms with Gasteiger partial charge in [-0.2, -0.15) is 5.10 Å². The first-order valence-corrected chi connectivity index (χ1v) is 11.4. The van der Waals surface area contributed by atoms with Gasteiger partial charge in [0.05, 0.1) is 23.3 Å². The Morgan fingerprint density at radius 2 is 2.12 bits per heavy atom. The molecule has 4 rings (SSSR count). The third-order valence-electron chi connectivity index (χ3n) is 5.80. The van der Waals surface area contributed by atoms with Crippen molar-refractivity contribution in [3.63, 3.8) is 0 Å². The first kappa shape index (κ1) is 23.6. The zero-order chi connectivity index (χ0) is 23.7. The van der Waals surface area contributed by atoms with Gasteiger partial charge in [-0.25, -0.2) is 18.0 Å². The third-order valence-corrected chi connectivity index (χ3v) is 6.41. The molecule has 0 unspecified atom stereocenters. The molecule has 0 saturated carbocycles. The average Bonchev–Trinajstić information content (AvgIpc) is 3.06. The molecule has 2 aromatic rings. The van der Waals surface area contributed by atoms with Crippen LogP contribution < -0.4 is 10.6 Å². The maximum Gasteiger partial charge on any atom is 0.322 e.